The second-order valence-electron chi connectivity index (χ2n) is 6.79. The SMILES string of the molecule is O=C1c2cccc(OCCN3CCOCC3)c2C(=O)c2c1ccc(CO)c2O. The average molecular weight is 383 g/mol. The molecular formula is C21H21NO6. The molecule has 146 valence electrons. The van der Waals surface area contributed by atoms with E-state index in [4.69, 9.17) is 9.47 Å². The first-order valence-corrected chi connectivity index (χ1v) is 9.23. The normalized spacial score (nSPS) is 16.6. The highest BCUT2D eigenvalue weighted by Gasteiger charge is 2.35. The molecule has 2 N–H and O–H groups in total. The third-order valence-corrected chi connectivity index (χ3v) is 5.17. The minimum atomic E-state index is -0.473. The Labute approximate surface area is 162 Å². The van der Waals surface area contributed by atoms with Crippen LogP contribution in [0.5, 0.6) is 11.5 Å². The largest absolute Gasteiger partial charge is 0.507 e. The van der Waals surface area contributed by atoms with Crippen LogP contribution >= 0.6 is 0 Å². The molecule has 0 bridgehead atoms. The molecule has 0 aromatic heterocycles. The maximum atomic E-state index is 13.1. The smallest absolute Gasteiger partial charge is 0.201 e. The van der Waals surface area contributed by atoms with E-state index in [9.17, 15) is 19.8 Å². The van der Waals surface area contributed by atoms with Gasteiger partial charge in [-0.2, -0.15) is 0 Å². The lowest BCUT2D eigenvalue weighted by Crippen LogP contribution is -2.38. The molecule has 0 atom stereocenters. The highest BCUT2D eigenvalue weighted by Crippen LogP contribution is 2.38. The average Bonchev–Trinajstić information content (AvgIpc) is 2.72. The Bertz CT molecular complexity index is 933. The molecule has 1 aliphatic heterocycles. The van der Waals surface area contributed by atoms with Gasteiger partial charge >= 0.3 is 0 Å². The van der Waals surface area contributed by atoms with E-state index in [-0.39, 0.29) is 39.4 Å². The summed E-state index contributed by atoms with van der Waals surface area (Å²) in [6, 6.07) is 7.84. The van der Waals surface area contributed by atoms with E-state index in [1.165, 1.54) is 12.1 Å². The van der Waals surface area contributed by atoms with Gasteiger partial charge in [-0.15, -0.1) is 0 Å². The van der Waals surface area contributed by atoms with Crippen LogP contribution in [0.3, 0.4) is 0 Å². The van der Waals surface area contributed by atoms with Crippen molar-refractivity contribution in [3.63, 3.8) is 0 Å². The van der Waals surface area contributed by atoms with Crippen LogP contribution in [0.15, 0.2) is 30.3 Å². The number of hydrogen-bond donors (Lipinski definition) is 2. The van der Waals surface area contributed by atoms with Crippen molar-refractivity contribution in [3.05, 3.63) is 58.1 Å². The van der Waals surface area contributed by atoms with Gasteiger partial charge in [0.2, 0.25) is 5.78 Å². The molecule has 0 amide bonds. The highest BCUT2D eigenvalue weighted by molar-refractivity contribution is 6.30. The number of benzene rings is 2. The molecule has 4 rings (SSSR count). The van der Waals surface area contributed by atoms with Crippen LogP contribution in [0, 0.1) is 0 Å². The molecule has 1 aliphatic carbocycles. The number of carbonyl (C=O) groups excluding carboxylic acids is 2. The molecule has 2 aliphatic rings. The Morgan fingerprint density at radius 2 is 1.75 bits per heavy atom. The monoisotopic (exact) mass is 383 g/mol. The zero-order chi connectivity index (χ0) is 19.7. The lowest BCUT2D eigenvalue weighted by molar-refractivity contribution is 0.0322. The Kier molecular flexibility index (Phi) is 5.13. The predicted octanol–water partition coefficient (Wildman–Crippen LogP) is 1.37. The van der Waals surface area contributed by atoms with Crippen molar-refractivity contribution in [2.45, 2.75) is 6.61 Å². The first-order valence-electron chi connectivity index (χ1n) is 9.23. The fraction of sp³-hybridized carbons (Fsp3) is 0.333. The van der Waals surface area contributed by atoms with Crippen LogP contribution < -0.4 is 4.74 Å². The summed E-state index contributed by atoms with van der Waals surface area (Å²) in [6.07, 6.45) is 0. The summed E-state index contributed by atoms with van der Waals surface area (Å²) in [6.45, 7) is 3.68. The van der Waals surface area contributed by atoms with Gasteiger partial charge in [0.1, 0.15) is 18.1 Å². The molecule has 1 saturated heterocycles. The van der Waals surface area contributed by atoms with E-state index in [1.54, 1.807) is 18.2 Å². The lowest BCUT2D eigenvalue weighted by atomic mass is 9.82. The quantitative estimate of drug-likeness (QED) is 0.687. The molecule has 2 aromatic rings. The number of aliphatic hydroxyl groups excluding tert-OH is 1. The summed E-state index contributed by atoms with van der Waals surface area (Å²) < 4.78 is 11.2. The summed E-state index contributed by atoms with van der Waals surface area (Å²) >= 11 is 0. The minimum Gasteiger partial charge on any atom is -0.507 e. The molecule has 2 aromatic carbocycles. The van der Waals surface area contributed by atoms with Crippen LogP contribution in [0.4, 0.5) is 0 Å². The van der Waals surface area contributed by atoms with Gasteiger partial charge in [0.25, 0.3) is 0 Å². The first kappa shape index (κ1) is 18.6. The number of aromatic hydroxyl groups is 1. The molecule has 7 nitrogen and oxygen atoms in total. The minimum absolute atomic E-state index is 0.0757. The van der Waals surface area contributed by atoms with Crippen molar-refractivity contribution in [1.29, 1.82) is 0 Å². The highest BCUT2D eigenvalue weighted by atomic mass is 16.5. The van der Waals surface area contributed by atoms with Gasteiger partial charge in [-0.1, -0.05) is 18.2 Å². The van der Waals surface area contributed by atoms with Crippen LogP contribution in [-0.2, 0) is 11.3 Å². The lowest BCUT2D eigenvalue weighted by Gasteiger charge is -2.27. The molecule has 0 radical (unpaired) electrons. The van der Waals surface area contributed by atoms with E-state index in [0.717, 1.165) is 13.1 Å². The summed E-state index contributed by atoms with van der Waals surface area (Å²) in [5.74, 6) is -0.849. The third-order valence-electron chi connectivity index (χ3n) is 5.17. The topological polar surface area (TPSA) is 96.3 Å². The van der Waals surface area contributed by atoms with E-state index in [1.807, 2.05) is 0 Å². The van der Waals surface area contributed by atoms with E-state index in [2.05, 4.69) is 4.90 Å². The Morgan fingerprint density at radius 1 is 1.00 bits per heavy atom. The number of rotatable bonds is 5. The van der Waals surface area contributed by atoms with Crippen molar-refractivity contribution in [1.82, 2.24) is 4.90 Å². The van der Waals surface area contributed by atoms with Gasteiger partial charge in [-0.05, 0) is 12.1 Å². The predicted molar refractivity (Wildman–Crippen MR) is 100 cm³/mol. The van der Waals surface area contributed by atoms with Crippen molar-refractivity contribution < 1.29 is 29.3 Å². The molecule has 0 spiro atoms. The molecule has 0 unspecified atom stereocenters. The van der Waals surface area contributed by atoms with E-state index < -0.39 is 12.4 Å². The molecule has 7 heteroatoms. The number of ether oxygens (including phenoxy) is 2. The Hall–Kier alpha value is -2.74. The number of aliphatic hydroxyl groups is 1. The number of hydrogen-bond acceptors (Lipinski definition) is 7. The van der Waals surface area contributed by atoms with E-state index >= 15 is 0 Å². The van der Waals surface area contributed by atoms with Crippen molar-refractivity contribution in [2.24, 2.45) is 0 Å². The zero-order valence-electron chi connectivity index (χ0n) is 15.3. The van der Waals surface area contributed by atoms with Gasteiger partial charge in [0.15, 0.2) is 5.78 Å². The van der Waals surface area contributed by atoms with Gasteiger partial charge in [0, 0.05) is 36.3 Å². The summed E-state index contributed by atoms with van der Waals surface area (Å²) in [4.78, 5) is 28.2. The second-order valence-corrected chi connectivity index (χ2v) is 6.79. The summed E-state index contributed by atoms with van der Waals surface area (Å²) in [5, 5.41) is 19.8. The standard InChI is InChI=1S/C21H21NO6/c23-12-13-4-5-15-18(19(13)24)21(26)17-14(20(15)25)2-1-3-16(17)28-11-8-22-6-9-27-10-7-22/h1-5,23-24H,6-12H2. The first-order chi connectivity index (χ1) is 13.6. The van der Waals surface area contributed by atoms with Crippen LogP contribution in [0.25, 0.3) is 0 Å². The second kappa shape index (κ2) is 7.71. The summed E-state index contributed by atoms with van der Waals surface area (Å²) in [7, 11) is 0. The number of fused-ring (bicyclic) bond motifs is 2. The molecular weight excluding hydrogens is 362 g/mol. The van der Waals surface area contributed by atoms with E-state index in [0.29, 0.717) is 32.1 Å². The fourth-order valence-electron chi connectivity index (χ4n) is 3.64. The van der Waals surface area contributed by atoms with Gasteiger partial charge in [-0.25, -0.2) is 0 Å². The zero-order valence-corrected chi connectivity index (χ0v) is 15.3. The number of carbonyl (C=O) groups is 2. The van der Waals surface area contributed by atoms with Crippen LogP contribution in [-0.4, -0.2) is 66.1 Å². The number of nitrogens with zero attached hydrogens (tertiary/aromatic N) is 1. The van der Waals surface area contributed by atoms with Gasteiger partial charge < -0.3 is 19.7 Å². The third kappa shape index (κ3) is 3.17. The van der Waals surface area contributed by atoms with Crippen molar-refractivity contribution in [2.75, 3.05) is 39.5 Å². The molecule has 28 heavy (non-hydrogen) atoms. The van der Waals surface area contributed by atoms with Crippen molar-refractivity contribution in [3.8, 4) is 11.5 Å². The van der Waals surface area contributed by atoms with Crippen molar-refractivity contribution >= 4 is 11.6 Å². The molecule has 0 saturated carbocycles. The summed E-state index contributed by atoms with van der Waals surface area (Å²) in [5.41, 5.74) is 0.685. The number of ketones is 2. The Balaban J connectivity index is 1.63. The number of phenols is 1. The van der Waals surface area contributed by atoms with Gasteiger partial charge in [0.05, 0.1) is 30.9 Å². The maximum absolute atomic E-state index is 13.1. The molecule has 1 fully saturated rings. The molecule has 1 heterocycles. The van der Waals surface area contributed by atoms with Crippen LogP contribution in [0.2, 0.25) is 0 Å². The number of morpholine rings is 1. The fourth-order valence-corrected chi connectivity index (χ4v) is 3.64. The van der Waals surface area contributed by atoms with Gasteiger partial charge in [-0.3, -0.25) is 14.5 Å². The van der Waals surface area contributed by atoms with Crippen LogP contribution in [0.1, 0.15) is 37.4 Å². The maximum Gasteiger partial charge on any atom is 0.201 e. The Morgan fingerprint density at radius 3 is 2.50 bits per heavy atom.